The predicted molar refractivity (Wildman–Crippen MR) is 186 cm³/mol. The van der Waals surface area contributed by atoms with Gasteiger partial charge in [0.25, 0.3) is 0 Å². The monoisotopic (exact) mass is 833 g/mol. The summed E-state index contributed by atoms with van der Waals surface area (Å²) in [6, 6.07) is 53.9. The van der Waals surface area contributed by atoms with Crippen LogP contribution < -0.4 is 4.98 Å². The second-order valence-electron chi connectivity index (χ2n) is 10.9. The van der Waals surface area contributed by atoms with Crippen LogP contribution in [0.4, 0.5) is 0 Å². The van der Waals surface area contributed by atoms with Gasteiger partial charge in [-0.2, -0.15) is 36.4 Å². The number of benzene rings is 6. The van der Waals surface area contributed by atoms with Gasteiger partial charge in [-0.3, -0.25) is 0 Å². The van der Waals surface area contributed by atoms with Gasteiger partial charge in [0.1, 0.15) is 11.4 Å². The topological polar surface area (TPSA) is 27.0 Å². The standard InChI is InChI=1S/C40H22N2S2.U/c1-2-8-25(9-3-1)26-14-16-27(17-15-26)34-24-35(28-18-20-32-30-10-4-6-12-36(30)44-39(32)23-28)42-40(41-34)29-19-21-38-33(22-29)31-11-5-7-13-37(31)43-38;/h1-8,10-14,16-24H;/q-2;+2/p+1. The summed E-state index contributed by atoms with van der Waals surface area (Å²) in [6.07, 6.45) is 0. The Balaban J connectivity index is 0.00000300. The van der Waals surface area contributed by atoms with E-state index < -0.39 is 0 Å². The van der Waals surface area contributed by atoms with Crippen molar-refractivity contribution in [3.8, 4) is 45.0 Å². The van der Waals surface area contributed by atoms with Crippen molar-refractivity contribution in [3.05, 3.63) is 146 Å². The van der Waals surface area contributed by atoms with Gasteiger partial charge in [0.15, 0.2) is 0 Å². The van der Waals surface area contributed by atoms with Crippen molar-refractivity contribution < 1.29 is 36.1 Å². The minimum Gasteiger partial charge on any atom is -0.236 e. The minimum absolute atomic E-state index is 0. The van der Waals surface area contributed by atoms with Crippen LogP contribution >= 0.6 is 22.7 Å². The SMILES string of the molecule is [U+2].[c-]1ccccc1-c1[c-]cc(-c2cc(-c3ccc4c(c3)sc3ccccc34)[nH+]c(-c3ccc4sc5ccccc5c4c3)n2)cc1. The number of nitrogens with zero attached hydrogens (tertiary/aromatic N) is 1. The van der Waals surface area contributed by atoms with Crippen LogP contribution in [0.25, 0.3) is 85.4 Å². The molecule has 0 radical (unpaired) electrons. The van der Waals surface area contributed by atoms with Gasteiger partial charge in [-0.25, -0.2) is 16.1 Å². The third-order valence-corrected chi connectivity index (χ3v) is 10.5. The van der Waals surface area contributed by atoms with Gasteiger partial charge >= 0.3 is 36.9 Å². The van der Waals surface area contributed by atoms with Gasteiger partial charge in [-0.05, 0) is 36.4 Å². The second-order valence-corrected chi connectivity index (χ2v) is 13.1. The average molecular weight is 834 g/mol. The molecule has 2 nitrogen and oxygen atoms in total. The number of hydrogen-bond donors (Lipinski definition) is 0. The fraction of sp³-hybridized carbons (Fsp3) is 0. The smallest absolute Gasteiger partial charge is 0.236 e. The number of thiophene rings is 2. The van der Waals surface area contributed by atoms with Gasteiger partial charge in [0, 0.05) is 52.0 Å². The van der Waals surface area contributed by atoms with Crippen LogP contribution in [0.1, 0.15) is 0 Å². The van der Waals surface area contributed by atoms with E-state index in [4.69, 9.17) is 4.98 Å². The van der Waals surface area contributed by atoms with E-state index >= 15 is 0 Å². The molecule has 0 unspecified atom stereocenters. The molecule has 1 N–H and O–H groups in total. The van der Waals surface area contributed by atoms with Crippen molar-refractivity contribution >= 4 is 63.0 Å². The molecule has 0 saturated carbocycles. The molecule has 45 heavy (non-hydrogen) atoms. The van der Waals surface area contributed by atoms with Gasteiger partial charge in [-0.15, -0.1) is 40.9 Å². The Morgan fingerprint density at radius 1 is 0.511 bits per heavy atom. The molecule has 9 aromatic rings. The first-order valence-corrected chi connectivity index (χ1v) is 16.2. The van der Waals surface area contributed by atoms with E-state index in [0.717, 1.165) is 45.0 Å². The summed E-state index contributed by atoms with van der Waals surface area (Å²) in [5.74, 6) is 0.839. The van der Waals surface area contributed by atoms with Crippen LogP contribution in [0.3, 0.4) is 0 Å². The van der Waals surface area contributed by atoms with Crippen molar-refractivity contribution in [2.45, 2.75) is 0 Å². The Morgan fingerprint density at radius 2 is 1.18 bits per heavy atom. The van der Waals surface area contributed by atoms with E-state index in [1.54, 1.807) is 0 Å². The number of fused-ring (bicyclic) bond motifs is 6. The summed E-state index contributed by atoms with van der Waals surface area (Å²) in [6.45, 7) is 0. The number of nitrogens with one attached hydrogen (secondary N) is 1. The van der Waals surface area contributed by atoms with E-state index in [1.807, 2.05) is 46.9 Å². The third kappa shape index (κ3) is 5.11. The third-order valence-electron chi connectivity index (χ3n) is 8.21. The van der Waals surface area contributed by atoms with E-state index in [1.165, 1.54) is 40.3 Å². The van der Waals surface area contributed by atoms with Crippen LogP contribution in [0.5, 0.6) is 0 Å². The summed E-state index contributed by atoms with van der Waals surface area (Å²) >= 11 is 3.67. The zero-order chi connectivity index (χ0) is 29.0. The largest absolute Gasteiger partial charge is 2.00 e. The van der Waals surface area contributed by atoms with Gasteiger partial charge < -0.3 is 0 Å². The van der Waals surface area contributed by atoms with Crippen LogP contribution in [0.2, 0.25) is 0 Å². The Kier molecular flexibility index (Phi) is 7.36. The Labute approximate surface area is 292 Å². The molecule has 5 heteroatoms. The number of aromatic nitrogens is 2. The maximum absolute atomic E-state index is 5.19. The Hall–Kier alpha value is -4.11. The quantitative estimate of drug-likeness (QED) is 0.162. The normalized spacial score (nSPS) is 11.4. The van der Waals surface area contributed by atoms with Gasteiger partial charge in [0.05, 0.1) is 5.56 Å². The number of H-pyrrole nitrogens is 1. The summed E-state index contributed by atoms with van der Waals surface area (Å²) in [5, 5.41) is 5.14. The molecule has 0 aliphatic heterocycles. The Bertz CT molecular complexity index is 2500. The molecule has 6 aromatic carbocycles. The molecule has 208 valence electrons. The second kappa shape index (κ2) is 11.7. The Morgan fingerprint density at radius 3 is 1.96 bits per heavy atom. The van der Waals surface area contributed by atoms with Crippen molar-refractivity contribution in [3.63, 3.8) is 0 Å². The molecule has 0 spiro atoms. The number of rotatable bonds is 4. The molecule has 0 fully saturated rings. The van der Waals surface area contributed by atoms with Crippen molar-refractivity contribution in [2.75, 3.05) is 0 Å². The fourth-order valence-electron chi connectivity index (χ4n) is 6.00. The zero-order valence-corrected chi connectivity index (χ0v) is 29.8. The van der Waals surface area contributed by atoms with Crippen LogP contribution in [-0.2, 0) is 0 Å². The first-order valence-electron chi connectivity index (χ1n) is 14.5. The first kappa shape index (κ1) is 28.4. The maximum atomic E-state index is 5.19. The summed E-state index contributed by atoms with van der Waals surface area (Å²) in [4.78, 5) is 8.90. The molecular formula is C40H23N2S2U+. The number of hydrogen-bond acceptors (Lipinski definition) is 3. The molecule has 0 bridgehead atoms. The molecule has 0 amide bonds. The molecule has 3 aromatic heterocycles. The maximum Gasteiger partial charge on any atom is 2.00 e. The summed E-state index contributed by atoms with van der Waals surface area (Å²) in [7, 11) is 0. The summed E-state index contributed by atoms with van der Waals surface area (Å²) < 4.78 is 5.17. The van der Waals surface area contributed by atoms with Crippen LogP contribution in [0.15, 0.2) is 133 Å². The minimum atomic E-state index is 0. The summed E-state index contributed by atoms with van der Waals surface area (Å²) in [5.41, 5.74) is 7.19. The van der Waals surface area contributed by atoms with Crippen LogP contribution in [-0.4, -0.2) is 4.98 Å². The van der Waals surface area contributed by atoms with Crippen molar-refractivity contribution in [2.24, 2.45) is 0 Å². The average Bonchev–Trinajstić information content (AvgIpc) is 3.66. The van der Waals surface area contributed by atoms with E-state index in [9.17, 15) is 0 Å². The molecule has 3 heterocycles. The van der Waals surface area contributed by atoms with Crippen molar-refractivity contribution in [1.29, 1.82) is 0 Å². The molecule has 0 atom stereocenters. The molecule has 0 aliphatic rings. The van der Waals surface area contributed by atoms with E-state index in [2.05, 4.69) is 126 Å². The van der Waals surface area contributed by atoms with Crippen LogP contribution in [0, 0.1) is 43.2 Å². The molecule has 9 rings (SSSR count). The zero-order valence-electron chi connectivity index (χ0n) is 24.0. The predicted octanol–water partition coefficient (Wildman–Crippen LogP) is 10.9. The van der Waals surface area contributed by atoms with E-state index in [0.29, 0.717) is 0 Å². The molecule has 0 aliphatic carbocycles. The first-order chi connectivity index (χ1) is 21.8. The van der Waals surface area contributed by atoms with Gasteiger partial charge in [-0.1, -0.05) is 59.1 Å². The fourth-order valence-corrected chi connectivity index (χ4v) is 8.23. The van der Waals surface area contributed by atoms with Gasteiger partial charge in [0.2, 0.25) is 0 Å². The van der Waals surface area contributed by atoms with Crippen molar-refractivity contribution in [1.82, 2.24) is 4.98 Å². The molecule has 0 saturated heterocycles. The number of aromatic amines is 1. The van der Waals surface area contributed by atoms with E-state index in [-0.39, 0.29) is 31.1 Å². The molecular weight excluding hydrogens is 811 g/mol.